The van der Waals surface area contributed by atoms with Gasteiger partial charge in [0.05, 0.1) is 13.2 Å². The molecular weight excluding hydrogens is 362 g/mol. The molecule has 0 spiro atoms. The molecule has 5 heteroatoms. The van der Waals surface area contributed by atoms with E-state index in [-0.39, 0.29) is 5.91 Å². The Labute approximate surface area is 175 Å². The molecule has 1 aromatic rings. The summed E-state index contributed by atoms with van der Waals surface area (Å²) in [6, 6.07) is 7.92. The van der Waals surface area contributed by atoms with Gasteiger partial charge in [-0.15, -0.1) is 0 Å². The summed E-state index contributed by atoms with van der Waals surface area (Å²) >= 11 is 0. The van der Waals surface area contributed by atoms with Gasteiger partial charge >= 0.3 is 0 Å². The van der Waals surface area contributed by atoms with Gasteiger partial charge in [0, 0.05) is 30.9 Å². The minimum Gasteiger partial charge on any atom is -0.379 e. The van der Waals surface area contributed by atoms with Crippen LogP contribution in [0.25, 0.3) is 0 Å². The largest absolute Gasteiger partial charge is 0.379 e. The highest BCUT2D eigenvalue weighted by atomic mass is 16.5. The molecule has 1 amide bonds. The van der Waals surface area contributed by atoms with E-state index in [0.29, 0.717) is 5.56 Å². The van der Waals surface area contributed by atoms with Crippen molar-refractivity contribution in [3.05, 3.63) is 35.4 Å². The third-order valence-corrected chi connectivity index (χ3v) is 5.97. The normalized spacial score (nSPS) is 20.3. The number of nitrogens with one attached hydrogen (secondary N) is 1. The molecule has 5 nitrogen and oxygen atoms in total. The van der Waals surface area contributed by atoms with E-state index in [1.807, 2.05) is 24.3 Å². The first-order valence-electron chi connectivity index (χ1n) is 11.6. The summed E-state index contributed by atoms with van der Waals surface area (Å²) in [4.78, 5) is 14.9. The first-order valence-corrected chi connectivity index (χ1v) is 11.6. The average Bonchev–Trinajstić information content (AvgIpc) is 2.74. The third-order valence-electron chi connectivity index (χ3n) is 5.97. The Hall–Kier alpha value is -1.72. The number of hydrazone groups is 1. The molecule has 1 aliphatic carbocycles. The van der Waals surface area contributed by atoms with Crippen molar-refractivity contribution in [2.24, 2.45) is 5.10 Å². The van der Waals surface area contributed by atoms with Gasteiger partial charge in [-0.1, -0.05) is 57.1 Å². The lowest BCUT2D eigenvalue weighted by Gasteiger charge is -2.26. The van der Waals surface area contributed by atoms with Crippen LogP contribution in [-0.2, 0) is 11.3 Å². The smallest absolute Gasteiger partial charge is 0.271 e. The summed E-state index contributed by atoms with van der Waals surface area (Å²) in [5, 5.41) is 4.50. The molecule has 0 aromatic heterocycles. The number of hydrogen-bond donors (Lipinski definition) is 1. The highest BCUT2D eigenvalue weighted by Gasteiger charge is 2.11. The first kappa shape index (κ1) is 22.0. The maximum atomic E-state index is 12.5. The third kappa shape index (κ3) is 8.27. The van der Waals surface area contributed by atoms with Gasteiger partial charge in [-0.3, -0.25) is 9.69 Å². The fraction of sp³-hybridized carbons (Fsp3) is 0.667. The van der Waals surface area contributed by atoms with Crippen molar-refractivity contribution >= 4 is 11.6 Å². The zero-order chi connectivity index (χ0) is 20.2. The van der Waals surface area contributed by atoms with Crippen LogP contribution in [0.15, 0.2) is 29.4 Å². The molecule has 1 aromatic carbocycles. The number of hydrogen-bond acceptors (Lipinski definition) is 4. The maximum Gasteiger partial charge on any atom is 0.271 e. The Morgan fingerprint density at radius 3 is 2.00 bits per heavy atom. The van der Waals surface area contributed by atoms with Crippen molar-refractivity contribution in [2.45, 2.75) is 77.2 Å². The van der Waals surface area contributed by atoms with Crippen LogP contribution in [-0.4, -0.2) is 42.8 Å². The number of carbonyl (C=O) groups excluding carboxylic acids is 1. The van der Waals surface area contributed by atoms with Gasteiger partial charge < -0.3 is 4.74 Å². The van der Waals surface area contributed by atoms with Crippen molar-refractivity contribution in [3.63, 3.8) is 0 Å². The second kappa shape index (κ2) is 12.8. The van der Waals surface area contributed by atoms with Crippen molar-refractivity contribution in [3.8, 4) is 0 Å². The van der Waals surface area contributed by atoms with E-state index in [1.165, 1.54) is 63.4 Å². The standard InChI is InChI=1S/C24H37N3O2/c28-24(22-14-12-21(13-15-22)20-27-16-18-29-19-17-27)26-25-23-10-8-6-4-2-1-3-5-7-9-11-23/h12-15H,1-11,16-20H2,(H,26,28). The predicted octanol–water partition coefficient (Wildman–Crippen LogP) is 4.91. The molecule has 3 rings (SSSR count). The quantitative estimate of drug-likeness (QED) is 0.732. The van der Waals surface area contributed by atoms with Crippen LogP contribution in [0.5, 0.6) is 0 Å². The fourth-order valence-corrected chi connectivity index (χ4v) is 4.11. The molecule has 2 fully saturated rings. The minimum atomic E-state index is -0.110. The molecule has 0 atom stereocenters. The van der Waals surface area contributed by atoms with Crippen LogP contribution in [0.2, 0.25) is 0 Å². The van der Waals surface area contributed by atoms with E-state index in [2.05, 4.69) is 15.4 Å². The van der Waals surface area contributed by atoms with E-state index >= 15 is 0 Å². The lowest BCUT2D eigenvalue weighted by Crippen LogP contribution is -2.35. The molecule has 2 aliphatic rings. The van der Waals surface area contributed by atoms with E-state index < -0.39 is 0 Å². The molecule has 160 valence electrons. The van der Waals surface area contributed by atoms with Crippen molar-refractivity contribution in [2.75, 3.05) is 26.3 Å². The number of morpholine rings is 1. The Morgan fingerprint density at radius 1 is 0.862 bits per heavy atom. The van der Waals surface area contributed by atoms with Gasteiger partial charge in [0.25, 0.3) is 5.91 Å². The second-order valence-corrected chi connectivity index (χ2v) is 8.39. The highest BCUT2D eigenvalue weighted by Crippen LogP contribution is 2.15. The Bertz CT molecular complexity index is 622. The highest BCUT2D eigenvalue weighted by molar-refractivity contribution is 5.95. The molecule has 0 bridgehead atoms. The topological polar surface area (TPSA) is 53.9 Å². The first-order chi connectivity index (χ1) is 14.3. The maximum absolute atomic E-state index is 12.5. The minimum absolute atomic E-state index is 0.110. The van der Waals surface area contributed by atoms with Crippen LogP contribution in [0.1, 0.15) is 86.6 Å². The molecule has 1 saturated carbocycles. The lowest BCUT2D eigenvalue weighted by molar-refractivity contribution is 0.0342. The summed E-state index contributed by atoms with van der Waals surface area (Å²) < 4.78 is 5.40. The molecule has 0 unspecified atom stereocenters. The number of benzene rings is 1. The van der Waals surface area contributed by atoms with E-state index in [4.69, 9.17) is 4.74 Å². The van der Waals surface area contributed by atoms with Gasteiger partial charge in [-0.25, -0.2) is 5.43 Å². The lowest BCUT2D eigenvalue weighted by atomic mass is 10.00. The zero-order valence-corrected chi connectivity index (χ0v) is 17.8. The van der Waals surface area contributed by atoms with Gasteiger partial charge in [0.2, 0.25) is 0 Å². The summed E-state index contributed by atoms with van der Waals surface area (Å²) in [6.07, 6.45) is 13.7. The van der Waals surface area contributed by atoms with Crippen LogP contribution in [0.3, 0.4) is 0 Å². The Balaban J connectivity index is 1.49. The average molecular weight is 400 g/mol. The van der Waals surface area contributed by atoms with Crippen LogP contribution < -0.4 is 5.43 Å². The summed E-state index contributed by atoms with van der Waals surface area (Å²) in [5.74, 6) is -0.110. The molecule has 1 N–H and O–H groups in total. The van der Waals surface area contributed by atoms with E-state index in [9.17, 15) is 4.79 Å². The van der Waals surface area contributed by atoms with Crippen LogP contribution >= 0.6 is 0 Å². The van der Waals surface area contributed by atoms with Crippen molar-refractivity contribution in [1.29, 1.82) is 0 Å². The number of rotatable bonds is 4. The SMILES string of the molecule is O=C(NN=C1CCCCCCCCCCC1)c1ccc(CN2CCOCC2)cc1. The summed E-state index contributed by atoms with van der Waals surface area (Å²) in [6.45, 7) is 4.47. The molecule has 1 heterocycles. The van der Waals surface area contributed by atoms with E-state index in [0.717, 1.165) is 51.4 Å². The monoisotopic (exact) mass is 399 g/mol. The molecule has 1 saturated heterocycles. The van der Waals surface area contributed by atoms with Gasteiger partial charge in [0.1, 0.15) is 0 Å². The Morgan fingerprint density at radius 2 is 1.41 bits per heavy atom. The van der Waals surface area contributed by atoms with Gasteiger partial charge in [0.15, 0.2) is 0 Å². The fourth-order valence-electron chi connectivity index (χ4n) is 4.11. The number of nitrogens with zero attached hydrogens (tertiary/aromatic N) is 2. The number of amides is 1. The zero-order valence-electron chi connectivity index (χ0n) is 17.8. The molecular formula is C24H37N3O2. The van der Waals surface area contributed by atoms with Crippen molar-refractivity contribution in [1.82, 2.24) is 10.3 Å². The summed E-state index contributed by atoms with van der Waals surface area (Å²) in [7, 11) is 0. The molecule has 29 heavy (non-hydrogen) atoms. The second-order valence-electron chi connectivity index (χ2n) is 8.39. The van der Waals surface area contributed by atoms with Gasteiger partial charge in [-0.05, 0) is 43.4 Å². The molecule has 1 aliphatic heterocycles. The predicted molar refractivity (Wildman–Crippen MR) is 118 cm³/mol. The van der Waals surface area contributed by atoms with E-state index in [1.54, 1.807) is 0 Å². The van der Waals surface area contributed by atoms with Crippen molar-refractivity contribution < 1.29 is 9.53 Å². The van der Waals surface area contributed by atoms with Gasteiger partial charge in [-0.2, -0.15) is 5.10 Å². The number of ether oxygens (including phenoxy) is 1. The molecule has 0 radical (unpaired) electrons. The van der Waals surface area contributed by atoms with Crippen LogP contribution in [0, 0.1) is 0 Å². The Kier molecular flexibility index (Phi) is 9.67. The number of carbonyl (C=O) groups is 1. The van der Waals surface area contributed by atoms with Crippen LogP contribution in [0.4, 0.5) is 0 Å². The summed E-state index contributed by atoms with van der Waals surface area (Å²) in [5.41, 5.74) is 5.86.